The summed E-state index contributed by atoms with van der Waals surface area (Å²) in [4.78, 5) is 13.9. The quantitative estimate of drug-likeness (QED) is 0.771. The SMILES string of the molecule is CCN(Cc1ccco1)c1ccc(Br)cc1C(C)=O. The minimum Gasteiger partial charge on any atom is -0.467 e. The number of carbonyl (C=O) groups is 1. The second-order valence-electron chi connectivity index (χ2n) is 4.31. The topological polar surface area (TPSA) is 33.5 Å². The van der Waals surface area contributed by atoms with Crippen LogP contribution in [0.15, 0.2) is 45.5 Å². The van der Waals surface area contributed by atoms with Gasteiger partial charge in [-0.2, -0.15) is 0 Å². The predicted molar refractivity (Wildman–Crippen MR) is 79.6 cm³/mol. The zero-order valence-corrected chi connectivity index (χ0v) is 12.6. The third-order valence-corrected chi connectivity index (χ3v) is 3.48. The average Bonchev–Trinajstić information content (AvgIpc) is 2.89. The Labute approximate surface area is 121 Å². The van der Waals surface area contributed by atoms with E-state index in [4.69, 9.17) is 4.42 Å². The van der Waals surface area contributed by atoms with Gasteiger partial charge in [-0.15, -0.1) is 0 Å². The molecule has 0 spiro atoms. The van der Waals surface area contributed by atoms with Gasteiger partial charge in [-0.25, -0.2) is 0 Å². The summed E-state index contributed by atoms with van der Waals surface area (Å²) in [5.74, 6) is 0.952. The maximum Gasteiger partial charge on any atom is 0.161 e. The Morgan fingerprint density at radius 2 is 2.16 bits per heavy atom. The van der Waals surface area contributed by atoms with Crippen LogP contribution in [-0.2, 0) is 6.54 Å². The number of carbonyl (C=O) groups excluding carboxylic acids is 1. The molecule has 0 N–H and O–H groups in total. The summed E-state index contributed by atoms with van der Waals surface area (Å²) in [7, 11) is 0. The fourth-order valence-electron chi connectivity index (χ4n) is 2.02. The molecule has 0 aliphatic heterocycles. The van der Waals surface area contributed by atoms with E-state index in [9.17, 15) is 4.79 Å². The van der Waals surface area contributed by atoms with Crippen LogP contribution in [0, 0.1) is 0 Å². The summed E-state index contributed by atoms with van der Waals surface area (Å²) in [6.45, 7) is 5.12. The molecule has 2 aromatic rings. The van der Waals surface area contributed by atoms with Crippen molar-refractivity contribution in [1.29, 1.82) is 0 Å². The van der Waals surface area contributed by atoms with Crippen molar-refractivity contribution in [3.63, 3.8) is 0 Å². The van der Waals surface area contributed by atoms with Gasteiger partial charge in [-0.05, 0) is 44.2 Å². The fraction of sp³-hybridized carbons (Fsp3) is 0.267. The number of nitrogens with zero attached hydrogens (tertiary/aromatic N) is 1. The smallest absolute Gasteiger partial charge is 0.161 e. The van der Waals surface area contributed by atoms with Gasteiger partial charge in [0.1, 0.15) is 5.76 Å². The standard InChI is InChI=1S/C15H16BrNO2/c1-3-17(10-13-5-4-8-19-13)15-7-6-12(16)9-14(15)11(2)18/h4-9H,3,10H2,1-2H3. The number of anilines is 1. The summed E-state index contributed by atoms with van der Waals surface area (Å²) in [5, 5.41) is 0. The van der Waals surface area contributed by atoms with E-state index in [-0.39, 0.29) is 5.78 Å². The molecular weight excluding hydrogens is 306 g/mol. The van der Waals surface area contributed by atoms with Crippen molar-refractivity contribution < 1.29 is 9.21 Å². The van der Waals surface area contributed by atoms with Crippen LogP contribution in [0.2, 0.25) is 0 Å². The highest BCUT2D eigenvalue weighted by Crippen LogP contribution is 2.26. The van der Waals surface area contributed by atoms with Crippen LogP contribution in [0.25, 0.3) is 0 Å². The van der Waals surface area contributed by atoms with Gasteiger partial charge in [0.25, 0.3) is 0 Å². The molecule has 100 valence electrons. The van der Waals surface area contributed by atoms with E-state index in [1.807, 2.05) is 30.3 Å². The third kappa shape index (κ3) is 3.26. The molecule has 0 fully saturated rings. The largest absolute Gasteiger partial charge is 0.467 e. The second kappa shape index (κ2) is 6.06. The van der Waals surface area contributed by atoms with Crippen molar-refractivity contribution in [1.82, 2.24) is 0 Å². The van der Waals surface area contributed by atoms with Crippen LogP contribution in [0.4, 0.5) is 5.69 Å². The van der Waals surface area contributed by atoms with Gasteiger partial charge in [-0.3, -0.25) is 4.79 Å². The number of hydrogen-bond acceptors (Lipinski definition) is 3. The van der Waals surface area contributed by atoms with Crippen molar-refractivity contribution in [2.75, 3.05) is 11.4 Å². The molecule has 0 bridgehead atoms. The van der Waals surface area contributed by atoms with Crippen LogP contribution in [0.3, 0.4) is 0 Å². The number of halogens is 1. The van der Waals surface area contributed by atoms with Crippen LogP contribution in [0.1, 0.15) is 30.0 Å². The van der Waals surface area contributed by atoms with E-state index in [0.717, 1.165) is 28.0 Å². The summed E-state index contributed by atoms with van der Waals surface area (Å²) in [6, 6.07) is 9.59. The molecule has 1 heterocycles. The summed E-state index contributed by atoms with van der Waals surface area (Å²) in [6.07, 6.45) is 1.66. The van der Waals surface area contributed by atoms with Crippen LogP contribution < -0.4 is 4.90 Å². The Bertz CT molecular complexity index is 564. The molecule has 3 nitrogen and oxygen atoms in total. The zero-order chi connectivity index (χ0) is 13.8. The molecule has 2 rings (SSSR count). The molecule has 4 heteroatoms. The van der Waals surface area contributed by atoms with E-state index in [1.54, 1.807) is 13.2 Å². The number of ketones is 1. The first-order valence-electron chi connectivity index (χ1n) is 6.19. The number of benzene rings is 1. The van der Waals surface area contributed by atoms with Gasteiger partial charge in [0.2, 0.25) is 0 Å². The van der Waals surface area contributed by atoms with Gasteiger partial charge in [0.15, 0.2) is 5.78 Å². The van der Waals surface area contributed by atoms with Crippen LogP contribution >= 0.6 is 15.9 Å². The van der Waals surface area contributed by atoms with Gasteiger partial charge >= 0.3 is 0 Å². The van der Waals surface area contributed by atoms with Crippen LogP contribution in [0.5, 0.6) is 0 Å². The minimum atomic E-state index is 0.0641. The highest BCUT2D eigenvalue weighted by atomic mass is 79.9. The molecule has 0 saturated carbocycles. The molecule has 0 amide bonds. The summed E-state index contributed by atoms with van der Waals surface area (Å²) < 4.78 is 6.29. The Kier molecular flexibility index (Phi) is 4.43. The van der Waals surface area contributed by atoms with Crippen molar-refractivity contribution >= 4 is 27.4 Å². The normalized spacial score (nSPS) is 10.5. The first kappa shape index (κ1) is 13.9. The minimum absolute atomic E-state index is 0.0641. The Morgan fingerprint density at radius 3 is 2.74 bits per heavy atom. The highest BCUT2D eigenvalue weighted by molar-refractivity contribution is 9.10. The Hall–Kier alpha value is -1.55. The Balaban J connectivity index is 2.35. The highest BCUT2D eigenvalue weighted by Gasteiger charge is 2.14. The number of furan rings is 1. The van der Waals surface area contributed by atoms with E-state index in [2.05, 4.69) is 27.8 Å². The molecule has 0 aliphatic rings. The van der Waals surface area contributed by atoms with Gasteiger partial charge in [-0.1, -0.05) is 15.9 Å². The lowest BCUT2D eigenvalue weighted by molar-refractivity contribution is 0.101. The predicted octanol–water partition coefficient (Wildman–Crippen LogP) is 4.27. The van der Waals surface area contributed by atoms with Crippen molar-refractivity contribution in [2.24, 2.45) is 0 Å². The zero-order valence-electron chi connectivity index (χ0n) is 11.0. The van der Waals surface area contributed by atoms with Crippen molar-refractivity contribution in [3.8, 4) is 0 Å². The lowest BCUT2D eigenvalue weighted by Crippen LogP contribution is -2.23. The van der Waals surface area contributed by atoms with Gasteiger partial charge < -0.3 is 9.32 Å². The fourth-order valence-corrected chi connectivity index (χ4v) is 2.39. The molecule has 0 aliphatic carbocycles. The maximum absolute atomic E-state index is 11.8. The van der Waals surface area contributed by atoms with Crippen molar-refractivity contribution in [2.45, 2.75) is 20.4 Å². The number of Topliss-reactive ketones (excluding diaryl/α,β-unsaturated/α-hetero) is 1. The molecule has 0 atom stereocenters. The van der Waals surface area contributed by atoms with Gasteiger partial charge in [0, 0.05) is 22.3 Å². The van der Waals surface area contributed by atoms with Crippen LogP contribution in [-0.4, -0.2) is 12.3 Å². The average molecular weight is 322 g/mol. The first-order chi connectivity index (χ1) is 9.11. The monoisotopic (exact) mass is 321 g/mol. The lowest BCUT2D eigenvalue weighted by Gasteiger charge is -2.24. The van der Waals surface area contributed by atoms with E-state index >= 15 is 0 Å². The maximum atomic E-state index is 11.8. The second-order valence-corrected chi connectivity index (χ2v) is 5.23. The van der Waals surface area contributed by atoms with Gasteiger partial charge in [0.05, 0.1) is 12.8 Å². The van der Waals surface area contributed by atoms with E-state index in [0.29, 0.717) is 6.54 Å². The summed E-state index contributed by atoms with van der Waals surface area (Å²) >= 11 is 3.41. The number of rotatable bonds is 5. The molecule has 1 aromatic heterocycles. The summed E-state index contributed by atoms with van der Waals surface area (Å²) in [5.41, 5.74) is 1.66. The Morgan fingerprint density at radius 1 is 1.37 bits per heavy atom. The molecule has 19 heavy (non-hydrogen) atoms. The molecule has 0 unspecified atom stereocenters. The first-order valence-corrected chi connectivity index (χ1v) is 6.99. The molecule has 1 aromatic carbocycles. The van der Waals surface area contributed by atoms with E-state index in [1.165, 1.54) is 0 Å². The molecule has 0 saturated heterocycles. The third-order valence-electron chi connectivity index (χ3n) is 2.99. The van der Waals surface area contributed by atoms with E-state index < -0.39 is 0 Å². The number of hydrogen-bond donors (Lipinski definition) is 0. The molecule has 0 radical (unpaired) electrons. The van der Waals surface area contributed by atoms with Crippen molar-refractivity contribution in [3.05, 3.63) is 52.4 Å². The molecular formula is C15H16BrNO2. The lowest BCUT2D eigenvalue weighted by atomic mass is 10.1.